The molecule has 0 unspecified atom stereocenters. The van der Waals surface area contributed by atoms with Gasteiger partial charge in [-0.25, -0.2) is 0 Å². The fourth-order valence-electron chi connectivity index (χ4n) is 1.85. The summed E-state index contributed by atoms with van der Waals surface area (Å²) in [4.78, 5) is 10.8. The fraction of sp³-hybridized carbons (Fsp3) is 0.188. The molecule has 2 heteroatoms. The molecule has 92 valence electrons. The Hall–Kier alpha value is -2.09. The van der Waals surface area contributed by atoms with Gasteiger partial charge >= 0.3 is 0 Å². The lowest BCUT2D eigenvalue weighted by Crippen LogP contribution is -2.08. The molecule has 2 rings (SSSR count). The summed E-state index contributed by atoms with van der Waals surface area (Å²) in [6.07, 6.45) is 1.04. The summed E-state index contributed by atoms with van der Waals surface area (Å²) in [5.74, 6) is 0.827. The summed E-state index contributed by atoms with van der Waals surface area (Å²) in [5, 5.41) is 0. The van der Waals surface area contributed by atoms with Gasteiger partial charge in [0.2, 0.25) is 0 Å². The van der Waals surface area contributed by atoms with Gasteiger partial charge in [-0.2, -0.15) is 0 Å². The van der Waals surface area contributed by atoms with Crippen LogP contribution in [0.4, 0.5) is 0 Å². The number of carbonyl (C=O) groups is 1. The average molecular weight is 240 g/mol. The summed E-state index contributed by atoms with van der Waals surface area (Å²) in [5.41, 5.74) is 2.09. The normalized spacial score (nSPS) is 11.8. The molecular weight excluding hydrogens is 224 g/mol. The molecule has 0 spiro atoms. The first-order valence-corrected chi connectivity index (χ1v) is 6.02. The van der Waals surface area contributed by atoms with Gasteiger partial charge in [0, 0.05) is 6.42 Å². The molecule has 0 N–H and O–H groups in total. The third-order valence-corrected chi connectivity index (χ3v) is 2.84. The van der Waals surface area contributed by atoms with Gasteiger partial charge in [-0.05, 0) is 24.1 Å². The molecule has 0 aliphatic rings. The van der Waals surface area contributed by atoms with Crippen LogP contribution in [0, 0.1) is 6.92 Å². The number of aldehydes is 1. The second kappa shape index (κ2) is 6.01. The minimum atomic E-state index is -0.218. The van der Waals surface area contributed by atoms with Crippen LogP contribution in [0.5, 0.6) is 5.75 Å². The van der Waals surface area contributed by atoms with Crippen molar-refractivity contribution in [3.8, 4) is 5.75 Å². The minimum absolute atomic E-state index is 0.218. The summed E-state index contributed by atoms with van der Waals surface area (Å²) in [6, 6.07) is 17.6. The lowest BCUT2D eigenvalue weighted by atomic mass is 10.1. The highest BCUT2D eigenvalue weighted by molar-refractivity contribution is 5.51. The molecule has 0 radical (unpaired) electrons. The Kier molecular flexibility index (Phi) is 4.13. The molecule has 0 bridgehead atoms. The number of ether oxygens (including phenoxy) is 1. The number of hydrogen-bond donors (Lipinski definition) is 0. The summed E-state index contributed by atoms with van der Waals surface area (Å²) >= 11 is 0. The molecule has 0 aliphatic heterocycles. The average Bonchev–Trinajstić information content (AvgIpc) is 2.42. The summed E-state index contributed by atoms with van der Waals surface area (Å²) in [7, 11) is 0. The molecule has 0 fully saturated rings. The first-order chi connectivity index (χ1) is 8.81. The second-order valence-corrected chi connectivity index (χ2v) is 4.19. The van der Waals surface area contributed by atoms with Crippen LogP contribution in [0.1, 0.15) is 23.7 Å². The Morgan fingerprint density at radius 3 is 2.39 bits per heavy atom. The van der Waals surface area contributed by atoms with Crippen molar-refractivity contribution >= 4 is 6.29 Å². The van der Waals surface area contributed by atoms with E-state index in [0.29, 0.717) is 6.42 Å². The van der Waals surface area contributed by atoms with Crippen LogP contribution in [0.15, 0.2) is 54.6 Å². The van der Waals surface area contributed by atoms with E-state index in [0.717, 1.165) is 23.2 Å². The van der Waals surface area contributed by atoms with Crippen molar-refractivity contribution in [3.05, 3.63) is 65.7 Å². The molecule has 2 aromatic rings. The smallest absolute Gasteiger partial charge is 0.130 e. The maximum absolute atomic E-state index is 10.8. The van der Waals surface area contributed by atoms with Crippen molar-refractivity contribution in [3.63, 3.8) is 0 Å². The van der Waals surface area contributed by atoms with Crippen molar-refractivity contribution in [2.45, 2.75) is 19.4 Å². The van der Waals surface area contributed by atoms with E-state index in [1.165, 1.54) is 0 Å². The van der Waals surface area contributed by atoms with Crippen molar-refractivity contribution < 1.29 is 9.53 Å². The highest BCUT2D eigenvalue weighted by atomic mass is 16.5. The SMILES string of the molecule is Cc1ccccc1O[C@H](CC=O)c1ccccc1. The van der Waals surface area contributed by atoms with Crippen LogP contribution in [0.2, 0.25) is 0 Å². The second-order valence-electron chi connectivity index (χ2n) is 4.19. The quantitative estimate of drug-likeness (QED) is 0.745. The number of rotatable bonds is 5. The topological polar surface area (TPSA) is 26.3 Å². The molecule has 0 saturated carbocycles. The largest absolute Gasteiger partial charge is 0.485 e. The first kappa shape index (κ1) is 12.4. The lowest BCUT2D eigenvalue weighted by molar-refractivity contribution is -0.109. The van der Waals surface area contributed by atoms with Crippen molar-refractivity contribution in [2.24, 2.45) is 0 Å². The van der Waals surface area contributed by atoms with Gasteiger partial charge < -0.3 is 9.53 Å². The van der Waals surface area contributed by atoms with Gasteiger partial charge in [0.1, 0.15) is 18.1 Å². The van der Waals surface area contributed by atoms with Gasteiger partial charge in [-0.3, -0.25) is 0 Å². The molecule has 0 aromatic heterocycles. The van der Waals surface area contributed by atoms with E-state index in [1.807, 2.05) is 61.5 Å². The molecular formula is C16H16O2. The zero-order valence-corrected chi connectivity index (χ0v) is 10.4. The Labute approximate surface area is 107 Å². The van der Waals surface area contributed by atoms with E-state index in [9.17, 15) is 4.79 Å². The Morgan fingerprint density at radius 2 is 1.72 bits per heavy atom. The molecule has 0 amide bonds. The number of para-hydroxylation sites is 1. The maximum Gasteiger partial charge on any atom is 0.130 e. The Bertz CT molecular complexity index is 506. The van der Waals surface area contributed by atoms with Gasteiger partial charge in [0.25, 0.3) is 0 Å². The van der Waals surface area contributed by atoms with Crippen LogP contribution < -0.4 is 4.74 Å². The zero-order valence-electron chi connectivity index (χ0n) is 10.4. The van der Waals surface area contributed by atoms with Crippen LogP contribution in [-0.2, 0) is 4.79 Å². The van der Waals surface area contributed by atoms with Gasteiger partial charge in [-0.15, -0.1) is 0 Å². The van der Waals surface area contributed by atoms with Gasteiger partial charge in [0.15, 0.2) is 0 Å². The lowest BCUT2D eigenvalue weighted by Gasteiger charge is -2.18. The van der Waals surface area contributed by atoms with E-state index >= 15 is 0 Å². The highest BCUT2D eigenvalue weighted by Gasteiger charge is 2.13. The van der Waals surface area contributed by atoms with Crippen LogP contribution in [0.3, 0.4) is 0 Å². The predicted octanol–water partition coefficient (Wildman–Crippen LogP) is 3.70. The Balaban J connectivity index is 2.22. The third kappa shape index (κ3) is 2.98. The molecule has 0 aliphatic carbocycles. The van der Waals surface area contributed by atoms with E-state index in [-0.39, 0.29) is 6.10 Å². The maximum atomic E-state index is 10.8. The molecule has 18 heavy (non-hydrogen) atoms. The van der Waals surface area contributed by atoms with Crippen LogP contribution in [0.25, 0.3) is 0 Å². The number of benzene rings is 2. The van der Waals surface area contributed by atoms with Crippen LogP contribution >= 0.6 is 0 Å². The number of hydrogen-bond acceptors (Lipinski definition) is 2. The molecule has 0 heterocycles. The van der Waals surface area contributed by atoms with Gasteiger partial charge in [-0.1, -0.05) is 48.5 Å². The molecule has 1 atom stereocenters. The van der Waals surface area contributed by atoms with E-state index in [4.69, 9.17) is 4.74 Å². The minimum Gasteiger partial charge on any atom is -0.485 e. The number of aryl methyl sites for hydroxylation is 1. The molecule has 2 nitrogen and oxygen atoms in total. The predicted molar refractivity (Wildman–Crippen MR) is 71.7 cm³/mol. The fourth-order valence-corrected chi connectivity index (χ4v) is 1.85. The van der Waals surface area contributed by atoms with Crippen molar-refractivity contribution in [1.82, 2.24) is 0 Å². The van der Waals surface area contributed by atoms with E-state index in [2.05, 4.69) is 0 Å². The number of carbonyl (C=O) groups excluding carboxylic acids is 1. The van der Waals surface area contributed by atoms with E-state index < -0.39 is 0 Å². The molecule has 2 aromatic carbocycles. The first-order valence-electron chi connectivity index (χ1n) is 6.02. The standard InChI is InChI=1S/C16H16O2/c1-13-7-5-6-10-15(13)18-16(11-12-17)14-8-3-2-4-9-14/h2-10,12,16H,11H2,1H3/t16-/m1/s1. The Morgan fingerprint density at radius 1 is 1.06 bits per heavy atom. The summed E-state index contributed by atoms with van der Waals surface area (Å²) < 4.78 is 5.94. The summed E-state index contributed by atoms with van der Waals surface area (Å²) in [6.45, 7) is 2.00. The van der Waals surface area contributed by atoms with Crippen molar-refractivity contribution in [2.75, 3.05) is 0 Å². The van der Waals surface area contributed by atoms with Gasteiger partial charge in [0.05, 0.1) is 0 Å². The third-order valence-electron chi connectivity index (χ3n) is 2.84. The van der Waals surface area contributed by atoms with Crippen molar-refractivity contribution in [1.29, 1.82) is 0 Å². The van der Waals surface area contributed by atoms with Crippen LogP contribution in [-0.4, -0.2) is 6.29 Å². The monoisotopic (exact) mass is 240 g/mol. The zero-order chi connectivity index (χ0) is 12.8. The highest BCUT2D eigenvalue weighted by Crippen LogP contribution is 2.26. The molecule has 0 saturated heterocycles. The van der Waals surface area contributed by atoms with E-state index in [1.54, 1.807) is 0 Å².